The van der Waals surface area contributed by atoms with E-state index >= 15 is 0 Å². The van der Waals surface area contributed by atoms with Gasteiger partial charge in [-0.1, -0.05) is 38.1 Å². The number of nitrogens with one attached hydrogen (secondary N) is 1. The summed E-state index contributed by atoms with van der Waals surface area (Å²) < 4.78 is 0. The lowest BCUT2D eigenvalue weighted by atomic mass is 10.0. The molecule has 0 spiro atoms. The van der Waals surface area contributed by atoms with Crippen molar-refractivity contribution in [1.29, 1.82) is 0 Å². The molecule has 4 nitrogen and oxygen atoms in total. The predicted octanol–water partition coefficient (Wildman–Crippen LogP) is 2.06. The van der Waals surface area contributed by atoms with Crippen LogP contribution in [0.4, 0.5) is 0 Å². The quantitative estimate of drug-likeness (QED) is 0.573. The summed E-state index contributed by atoms with van der Waals surface area (Å²) in [6.45, 7) is 4.69. The Bertz CT molecular complexity index is 410. The Hall–Kier alpha value is -1.68. The van der Waals surface area contributed by atoms with Gasteiger partial charge in [0.25, 0.3) is 0 Å². The lowest BCUT2D eigenvalue weighted by molar-refractivity contribution is -0.136. The third-order valence-electron chi connectivity index (χ3n) is 2.70. The molecule has 0 atom stereocenters. The van der Waals surface area contributed by atoms with E-state index in [0.717, 1.165) is 0 Å². The van der Waals surface area contributed by atoms with Gasteiger partial charge in [0.15, 0.2) is 5.78 Å². The normalized spacial score (nSPS) is 10.6. The van der Waals surface area contributed by atoms with Crippen molar-refractivity contribution in [3.63, 3.8) is 0 Å². The van der Waals surface area contributed by atoms with Gasteiger partial charge in [-0.3, -0.25) is 9.59 Å². The second-order valence-corrected chi connectivity index (χ2v) is 4.52. The maximum absolute atomic E-state index is 11.8. The zero-order chi connectivity index (χ0) is 13.5. The van der Waals surface area contributed by atoms with Crippen molar-refractivity contribution in [1.82, 2.24) is 5.32 Å². The second kappa shape index (κ2) is 6.91. The Morgan fingerprint density at radius 3 is 2.33 bits per heavy atom. The number of ketones is 1. The van der Waals surface area contributed by atoms with Gasteiger partial charge in [-0.25, -0.2) is 0 Å². The molecule has 0 aliphatic rings. The third kappa shape index (κ3) is 4.67. The summed E-state index contributed by atoms with van der Waals surface area (Å²) in [5.74, 6) is -0.435. The summed E-state index contributed by atoms with van der Waals surface area (Å²) in [7, 11) is 0. The highest BCUT2D eigenvalue weighted by Crippen LogP contribution is 2.14. The van der Waals surface area contributed by atoms with Crippen LogP contribution in [-0.2, 0) is 4.79 Å². The van der Waals surface area contributed by atoms with Gasteiger partial charge in [0.2, 0.25) is 0 Å². The highest BCUT2D eigenvalue weighted by Gasteiger charge is 2.06. The van der Waals surface area contributed by atoms with Crippen LogP contribution < -0.4 is 5.32 Å². The molecule has 18 heavy (non-hydrogen) atoms. The molecule has 0 saturated carbocycles. The Balaban J connectivity index is 2.44. The van der Waals surface area contributed by atoms with Gasteiger partial charge in [0.05, 0.1) is 13.0 Å². The monoisotopic (exact) mass is 249 g/mol. The molecule has 0 radical (unpaired) electrons. The number of hydrogen-bond acceptors (Lipinski definition) is 3. The van der Waals surface area contributed by atoms with Crippen LogP contribution in [0.15, 0.2) is 24.3 Å². The molecule has 4 heteroatoms. The highest BCUT2D eigenvalue weighted by atomic mass is 16.4. The van der Waals surface area contributed by atoms with Gasteiger partial charge in [-0.2, -0.15) is 0 Å². The van der Waals surface area contributed by atoms with Gasteiger partial charge < -0.3 is 10.4 Å². The fraction of sp³-hybridized carbons (Fsp3) is 0.429. The van der Waals surface area contributed by atoms with Crippen molar-refractivity contribution in [3.8, 4) is 0 Å². The molecule has 0 amide bonds. The molecule has 1 aromatic carbocycles. The van der Waals surface area contributed by atoms with E-state index in [2.05, 4.69) is 19.2 Å². The van der Waals surface area contributed by atoms with Gasteiger partial charge in [-0.15, -0.1) is 0 Å². The van der Waals surface area contributed by atoms with Crippen LogP contribution in [0, 0.1) is 0 Å². The second-order valence-electron chi connectivity index (χ2n) is 4.52. The summed E-state index contributed by atoms with van der Waals surface area (Å²) in [6, 6.07) is 7.54. The first kappa shape index (κ1) is 14.4. The SMILES string of the molecule is CC(C)c1ccc(C(=O)CNCCC(=O)O)cc1. The number of benzene rings is 1. The van der Waals surface area contributed by atoms with Crippen LogP contribution in [-0.4, -0.2) is 29.9 Å². The highest BCUT2D eigenvalue weighted by molar-refractivity contribution is 5.97. The van der Waals surface area contributed by atoms with Crippen molar-refractivity contribution >= 4 is 11.8 Å². The number of carboxylic acid groups (broad SMARTS) is 1. The first-order valence-corrected chi connectivity index (χ1v) is 6.06. The van der Waals surface area contributed by atoms with Crippen molar-refractivity contribution < 1.29 is 14.7 Å². The molecular weight excluding hydrogens is 230 g/mol. The van der Waals surface area contributed by atoms with Crippen molar-refractivity contribution in [3.05, 3.63) is 35.4 Å². The Morgan fingerprint density at radius 2 is 1.83 bits per heavy atom. The summed E-state index contributed by atoms with van der Waals surface area (Å²) >= 11 is 0. The van der Waals surface area contributed by atoms with E-state index in [1.807, 2.05) is 24.3 Å². The molecule has 0 fully saturated rings. The topological polar surface area (TPSA) is 66.4 Å². The van der Waals surface area contributed by atoms with Crippen LogP contribution in [0.3, 0.4) is 0 Å². The van der Waals surface area contributed by atoms with E-state index < -0.39 is 5.97 Å². The number of aliphatic carboxylic acids is 1. The zero-order valence-corrected chi connectivity index (χ0v) is 10.8. The van der Waals surface area contributed by atoms with E-state index in [1.165, 1.54) is 5.56 Å². The number of Topliss-reactive ketones (excluding diaryl/α,β-unsaturated/α-hetero) is 1. The van der Waals surface area contributed by atoms with E-state index in [1.54, 1.807) is 0 Å². The minimum atomic E-state index is -0.865. The molecular formula is C14H19NO3. The summed E-state index contributed by atoms with van der Waals surface area (Å²) in [6.07, 6.45) is 0.0273. The number of carboxylic acids is 1. The molecule has 0 unspecified atom stereocenters. The van der Waals surface area contributed by atoms with Gasteiger partial charge >= 0.3 is 5.97 Å². The molecule has 98 valence electrons. The molecule has 0 aliphatic carbocycles. The van der Waals surface area contributed by atoms with Gasteiger partial charge in [-0.05, 0) is 11.5 Å². The number of hydrogen-bond donors (Lipinski definition) is 2. The van der Waals surface area contributed by atoms with E-state index in [0.29, 0.717) is 18.0 Å². The lowest BCUT2D eigenvalue weighted by Gasteiger charge is -2.07. The molecule has 0 saturated heterocycles. The Kier molecular flexibility index (Phi) is 5.52. The summed E-state index contributed by atoms with van der Waals surface area (Å²) in [5, 5.41) is 11.3. The van der Waals surface area contributed by atoms with Crippen molar-refractivity contribution in [2.24, 2.45) is 0 Å². The standard InChI is InChI=1S/C14H19NO3/c1-10(2)11-3-5-12(6-4-11)13(16)9-15-8-7-14(17)18/h3-6,10,15H,7-9H2,1-2H3,(H,17,18). The first-order valence-electron chi connectivity index (χ1n) is 6.06. The van der Waals surface area contributed by atoms with E-state index in [-0.39, 0.29) is 18.7 Å². The third-order valence-corrected chi connectivity index (χ3v) is 2.70. The first-order chi connectivity index (χ1) is 8.50. The van der Waals surface area contributed by atoms with Gasteiger partial charge in [0.1, 0.15) is 0 Å². The van der Waals surface area contributed by atoms with Gasteiger partial charge in [0, 0.05) is 12.1 Å². The molecule has 0 bridgehead atoms. The minimum Gasteiger partial charge on any atom is -0.481 e. The predicted molar refractivity (Wildman–Crippen MR) is 70.0 cm³/mol. The smallest absolute Gasteiger partial charge is 0.304 e. The fourth-order valence-electron chi connectivity index (χ4n) is 1.55. The average molecular weight is 249 g/mol. The average Bonchev–Trinajstić information content (AvgIpc) is 2.34. The van der Waals surface area contributed by atoms with Crippen LogP contribution in [0.25, 0.3) is 0 Å². The summed E-state index contributed by atoms with van der Waals surface area (Å²) in [5.41, 5.74) is 1.85. The minimum absolute atomic E-state index is 0.0179. The molecule has 1 rings (SSSR count). The Morgan fingerprint density at radius 1 is 1.22 bits per heavy atom. The van der Waals surface area contributed by atoms with E-state index in [4.69, 9.17) is 5.11 Å². The molecule has 0 heterocycles. The van der Waals surface area contributed by atoms with Crippen LogP contribution in [0.1, 0.15) is 42.1 Å². The molecule has 0 aliphatic heterocycles. The van der Waals surface area contributed by atoms with Crippen LogP contribution >= 0.6 is 0 Å². The molecule has 0 aromatic heterocycles. The van der Waals surface area contributed by atoms with Crippen molar-refractivity contribution in [2.75, 3.05) is 13.1 Å². The Labute approximate surface area is 107 Å². The molecule has 1 aromatic rings. The van der Waals surface area contributed by atoms with Crippen LogP contribution in [0.5, 0.6) is 0 Å². The number of carbonyl (C=O) groups is 2. The zero-order valence-electron chi connectivity index (χ0n) is 10.8. The lowest BCUT2D eigenvalue weighted by Crippen LogP contribution is -2.25. The largest absolute Gasteiger partial charge is 0.481 e. The van der Waals surface area contributed by atoms with Crippen LogP contribution in [0.2, 0.25) is 0 Å². The number of rotatable bonds is 7. The summed E-state index contributed by atoms with van der Waals surface area (Å²) in [4.78, 5) is 22.1. The van der Waals surface area contributed by atoms with Crippen molar-refractivity contribution in [2.45, 2.75) is 26.2 Å². The number of carbonyl (C=O) groups excluding carboxylic acids is 1. The maximum atomic E-state index is 11.8. The maximum Gasteiger partial charge on any atom is 0.304 e. The fourth-order valence-corrected chi connectivity index (χ4v) is 1.55. The van der Waals surface area contributed by atoms with E-state index in [9.17, 15) is 9.59 Å². The molecule has 2 N–H and O–H groups in total.